The Morgan fingerprint density at radius 3 is 3.05 bits per heavy atom. The van der Waals surface area contributed by atoms with Crippen LogP contribution in [0.25, 0.3) is 11.3 Å². The van der Waals surface area contributed by atoms with Gasteiger partial charge in [0.05, 0.1) is 43.6 Å². The molecule has 98 valence electrons. The maximum absolute atomic E-state index is 10.1. The molecule has 0 spiro atoms. The number of benzene rings is 1. The molecule has 2 aliphatic rings. The maximum atomic E-state index is 10.1. The number of hydrogen-bond acceptors (Lipinski definition) is 3. The molecule has 0 amide bonds. The molecule has 4 heteroatoms. The highest BCUT2D eigenvalue weighted by Crippen LogP contribution is 2.45. The number of rotatable bonds is 1. The van der Waals surface area contributed by atoms with Crippen molar-refractivity contribution in [3.8, 4) is 11.3 Å². The van der Waals surface area contributed by atoms with Gasteiger partial charge in [-0.05, 0) is 18.6 Å². The van der Waals surface area contributed by atoms with E-state index in [-0.39, 0.29) is 12.0 Å². The number of imidazole rings is 1. The van der Waals surface area contributed by atoms with E-state index in [1.54, 1.807) is 0 Å². The molecule has 3 heterocycles. The smallest absolute Gasteiger partial charge is 0.0956 e. The van der Waals surface area contributed by atoms with Crippen LogP contribution in [0, 0.1) is 12.8 Å². The molecule has 2 aromatic rings. The van der Waals surface area contributed by atoms with Gasteiger partial charge in [0.1, 0.15) is 0 Å². The minimum atomic E-state index is -0.396. The van der Waals surface area contributed by atoms with Gasteiger partial charge in [-0.2, -0.15) is 0 Å². The normalized spacial score (nSPS) is 28.4. The third-order valence-electron chi connectivity index (χ3n) is 4.27. The summed E-state index contributed by atoms with van der Waals surface area (Å²) in [6, 6.07) is 6.65. The Balaban J connectivity index is 1.89. The molecule has 1 aromatic carbocycles. The number of aliphatic hydroxyl groups is 1. The highest BCUT2D eigenvalue weighted by molar-refractivity contribution is 5.70. The van der Waals surface area contributed by atoms with E-state index in [9.17, 15) is 5.11 Å². The molecule has 4 nitrogen and oxygen atoms in total. The van der Waals surface area contributed by atoms with Crippen molar-refractivity contribution in [2.24, 2.45) is 5.92 Å². The van der Waals surface area contributed by atoms with E-state index >= 15 is 0 Å². The second kappa shape index (κ2) is 3.92. The summed E-state index contributed by atoms with van der Waals surface area (Å²) in [4.78, 5) is 4.26. The summed E-state index contributed by atoms with van der Waals surface area (Å²) in [7, 11) is 0. The van der Waals surface area contributed by atoms with E-state index in [1.165, 1.54) is 16.7 Å². The summed E-state index contributed by atoms with van der Waals surface area (Å²) >= 11 is 0. The zero-order valence-electron chi connectivity index (χ0n) is 10.8. The van der Waals surface area contributed by atoms with E-state index in [0.29, 0.717) is 13.2 Å². The maximum Gasteiger partial charge on any atom is 0.0956 e. The lowest BCUT2D eigenvalue weighted by atomic mass is 9.89. The molecule has 3 atom stereocenters. The number of hydrogen-bond donors (Lipinski definition) is 1. The second-order valence-electron chi connectivity index (χ2n) is 5.49. The monoisotopic (exact) mass is 256 g/mol. The van der Waals surface area contributed by atoms with Gasteiger partial charge < -0.3 is 14.4 Å². The van der Waals surface area contributed by atoms with Crippen LogP contribution in [0.15, 0.2) is 30.7 Å². The highest BCUT2D eigenvalue weighted by atomic mass is 16.5. The van der Waals surface area contributed by atoms with Crippen LogP contribution in [0.3, 0.4) is 0 Å². The van der Waals surface area contributed by atoms with E-state index in [1.807, 2.05) is 12.5 Å². The lowest BCUT2D eigenvalue weighted by molar-refractivity contribution is 0.111. The van der Waals surface area contributed by atoms with Crippen molar-refractivity contribution >= 4 is 0 Å². The molecule has 0 unspecified atom stereocenters. The van der Waals surface area contributed by atoms with E-state index in [4.69, 9.17) is 4.74 Å². The number of aliphatic hydroxyl groups excluding tert-OH is 1. The summed E-state index contributed by atoms with van der Waals surface area (Å²) in [6.45, 7) is 3.14. The van der Waals surface area contributed by atoms with Crippen LogP contribution in [0.4, 0.5) is 0 Å². The zero-order valence-corrected chi connectivity index (χ0v) is 10.8. The molecule has 1 N–H and O–H groups in total. The molecular formula is C15H16N2O2. The summed E-state index contributed by atoms with van der Waals surface area (Å²) in [5, 5.41) is 10.1. The molecule has 0 saturated carbocycles. The molecule has 1 fully saturated rings. The summed E-state index contributed by atoms with van der Waals surface area (Å²) in [6.07, 6.45) is 3.37. The summed E-state index contributed by atoms with van der Waals surface area (Å²) in [5.41, 5.74) is 4.90. The lowest BCUT2D eigenvalue weighted by Crippen LogP contribution is -2.27. The number of nitrogens with zero attached hydrogens (tertiary/aromatic N) is 2. The Bertz CT molecular complexity index is 635. The quantitative estimate of drug-likeness (QED) is 0.846. The van der Waals surface area contributed by atoms with Crippen molar-refractivity contribution < 1.29 is 9.84 Å². The van der Waals surface area contributed by atoms with E-state index in [2.05, 4.69) is 34.7 Å². The first kappa shape index (κ1) is 11.2. The van der Waals surface area contributed by atoms with Gasteiger partial charge in [-0.1, -0.05) is 17.7 Å². The number of aromatic nitrogens is 2. The number of ether oxygens (including phenoxy) is 1. The molecule has 0 radical (unpaired) electrons. The van der Waals surface area contributed by atoms with Gasteiger partial charge in [-0.3, -0.25) is 0 Å². The molecule has 19 heavy (non-hydrogen) atoms. The molecular weight excluding hydrogens is 240 g/mol. The van der Waals surface area contributed by atoms with E-state index in [0.717, 1.165) is 5.69 Å². The fraction of sp³-hybridized carbons (Fsp3) is 0.400. The molecule has 2 aliphatic heterocycles. The molecule has 4 rings (SSSR count). The lowest BCUT2D eigenvalue weighted by Gasteiger charge is -2.23. The van der Waals surface area contributed by atoms with Gasteiger partial charge in [0.15, 0.2) is 0 Å². The van der Waals surface area contributed by atoms with Gasteiger partial charge in [-0.25, -0.2) is 4.98 Å². The van der Waals surface area contributed by atoms with Crippen LogP contribution >= 0.6 is 0 Å². The minimum absolute atomic E-state index is 0.108. The number of fused-ring (bicyclic) bond motifs is 3. The first-order valence-corrected chi connectivity index (χ1v) is 6.64. The van der Waals surface area contributed by atoms with Gasteiger partial charge in [0.25, 0.3) is 0 Å². The van der Waals surface area contributed by atoms with Gasteiger partial charge in [-0.15, -0.1) is 0 Å². The van der Waals surface area contributed by atoms with Crippen LogP contribution in [0.5, 0.6) is 0 Å². The average molecular weight is 256 g/mol. The van der Waals surface area contributed by atoms with Crippen molar-refractivity contribution in [1.29, 1.82) is 0 Å². The van der Waals surface area contributed by atoms with E-state index < -0.39 is 6.10 Å². The van der Waals surface area contributed by atoms with Crippen LogP contribution in [-0.2, 0) is 4.74 Å². The molecule has 0 bridgehead atoms. The van der Waals surface area contributed by atoms with Crippen molar-refractivity contribution in [3.63, 3.8) is 0 Å². The highest BCUT2D eigenvalue weighted by Gasteiger charge is 2.40. The third-order valence-corrected chi connectivity index (χ3v) is 4.27. The average Bonchev–Trinajstić information content (AvgIpc) is 3.05. The fourth-order valence-corrected chi connectivity index (χ4v) is 3.33. The number of aryl methyl sites for hydroxylation is 1. The Hall–Kier alpha value is -1.65. The van der Waals surface area contributed by atoms with Crippen LogP contribution < -0.4 is 0 Å². The first-order valence-electron chi connectivity index (χ1n) is 6.64. The Morgan fingerprint density at radius 1 is 1.37 bits per heavy atom. The molecule has 1 aromatic heterocycles. The Labute approximate surface area is 111 Å². The molecule has 1 saturated heterocycles. The van der Waals surface area contributed by atoms with Gasteiger partial charge in [0, 0.05) is 11.5 Å². The van der Waals surface area contributed by atoms with Crippen LogP contribution in [0.1, 0.15) is 17.2 Å². The first-order chi connectivity index (χ1) is 9.25. The minimum Gasteiger partial charge on any atom is -0.390 e. The summed E-state index contributed by atoms with van der Waals surface area (Å²) < 4.78 is 7.60. The second-order valence-corrected chi connectivity index (χ2v) is 5.49. The Kier molecular flexibility index (Phi) is 2.31. The largest absolute Gasteiger partial charge is 0.390 e. The van der Waals surface area contributed by atoms with Gasteiger partial charge >= 0.3 is 0 Å². The standard InChI is InChI=1S/C15H16N2O2/c1-9-2-3-10-11(4-9)13-5-16-8-17(13)15(10)12-6-19-7-14(12)18/h2-5,8,12,14-15,18H,6-7H2,1H3/t12-,14-,15+/m0/s1. The summed E-state index contributed by atoms with van der Waals surface area (Å²) in [5.74, 6) is 0.108. The third kappa shape index (κ3) is 1.50. The predicted molar refractivity (Wildman–Crippen MR) is 70.9 cm³/mol. The van der Waals surface area contributed by atoms with Gasteiger partial charge in [0.2, 0.25) is 0 Å². The van der Waals surface area contributed by atoms with Crippen molar-refractivity contribution in [2.75, 3.05) is 13.2 Å². The van der Waals surface area contributed by atoms with Crippen molar-refractivity contribution in [2.45, 2.75) is 19.1 Å². The van der Waals surface area contributed by atoms with Crippen LogP contribution in [-0.4, -0.2) is 34.0 Å². The predicted octanol–water partition coefficient (Wildman–Crippen LogP) is 1.77. The fourth-order valence-electron chi connectivity index (χ4n) is 3.33. The topological polar surface area (TPSA) is 47.3 Å². The zero-order chi connectivity index (χ0) is 13.0. The SMILES string of the molecule is Cc1ccc2c(c1)-c1cncn1[C@H]2[C@H]1COC[C@@H]1O. The van der Waals surface area contributed by atoms with Crippen molar-refractivity contribution in [3.05, 3.63) is 41.9 Å². The molecule has 0 aliphatic carbocycles. The Morgan fingerprint density at radius 2 is 2.26 bits per heavy atom. The van der Waals surface area contributed by atoms with Crippen LogP contribution in [0.2, 0.25) is 0 Å². The van der Waals surface area contributed by atoms with Crippen molar-refractivity contribution in [1.82, 2.24) is 9.55 Å².